The lowest BCUT2D eigenvalue weighted by Gasteiger charge is -2.12. The number of hydrazone groups is 1. The van der Waals surface area contributed by atoms with E-state index >= 15 is 0 Å². The molecular formula is C24H20F4N2O5. The molecule has 0 saturated carbocycles. The zero-order valence-corrected chi connectivity index (χ0v) is 18.1. The highest BCUT2D eigenvalue weighted by Crippen LogP contribution is 2.26. The SMILES string of the molecule is O=C(NN=Cc1ccc(OC(F)F)cc1OC(F)F)c1ccccc1OCCOc1ccccc1. The molecule has 0 radical (unpaired) electrons. The van der Waals surface area contributed by atoms with Gasteiger partial charge < -0.3 is 18.9 Å². The summed E-state index contributed by atoms with van der Waals surface area (Å²) in [6.45, 7) is -5.94. The molecule has 0 aliphatic heterocycles. The van der Waals surface area contributed by atoms with Crippen molar-refractivity contribution in [3.8, 4) is 23.0 Å². The van der Waals surface area contributed by atoms with Crippen LogP contribution in [0.5, 0.6) is 23.0 Å². The van der Waals surface area contributed by atoms with Gasteiger partial charge in [-0.3, -0.25) is 4.79 Å². The zero-order chi connectivity index (χ0) is 25.0. The number of para-hydroxylation sites is 2. The molecule has 3 rings (SSSR count). The van der Waals surface area contributed by atoms with Crippen LogP contribution in [0.3, 0.4) is 0 Å². The van der Waals surface area contributed by atoms with Gasteiger partial charge in [-0.05, 0) is 36.4 Å². The van der Waals surface area contributed by atoms with Crippen molar-refractivity contribution in [3.05, 3.63) is 83.9 Å². The summed E-state index contributed by atoms with van der Waals surface area (Å²) in [4.78, 5) is 12.6. The van der Waals surface area contributed by atoms with E-state index in [-0.39, 0.29) is 35.8 Å². The van der Waals surface area contributed by atoms with E-state index in [4.69, 9.17) is 9.47 Å². The van der Waals surface area contributed by atoms with E-state index in [9.17, 15) is 22.4 Å². The number of hydrogen-bond donors (Lipinski definition) is 1. The molecule has 0 aromatic heterocycles. The van der Waals surface area contributed by atoms with Crippen LogP contribution >= 0.6 is 0 Å². The fourth-order valence-corrected chi connectivity index (χ4v) is 2.82. The number of nitrogens with one attached hydrogen (secondary N) is 1. The first-order chi connectivity index (χ1) is 16.9. The largest absolute Gasteiger partial charge is 0.490 e. The van der Waals surface area contributed by atoms with Crippen LogP contribution < -0.4 is 24.4 Å². The van der Waals surface area contributed by atoms with E-state index in [1.165, 1.54) is 12.1 Å². The number of alkyl halides is 4. The highest BCUT2D eigenvalue weighted by molar-refractivity contribution is 5.97. The Morgan fingerprint density at radius 1 is 0.800 bits per heavy atom. The van der Waals surface area contributed by atoms with E-state index in [1.54, 1.807) is 30.3 Å². The second-order valence-corrected chi connectivity index (χ2v) is 6.66. The Bertz CT molecular complexity index is 1130. The maximum atomic E-state index is 12.7. The standard InChI is InChI=1S/C24H20F4N2O5/c25-23(26)34-18-11-10-16(21(14-18)35-24(27)28)15-29-30-22(31)19-8-4-5-9-20(19)33-13-12-32-17-6-2-1-3-7-17/h1-11,14-15,23-24H,12-13H2,(H,30,31). The van der Waals surface area contributed by atoms with E-state index in [0.29, 0.717) is 5.75 Å². The summed E-state index contributed by atoms with van der Waals surface area (Å²) in [5.41, 5.74) is 2.43. The van der Waals surface area contributed by atoms with Crippen molar-refractivity contribution >= 4 is 12.1 Å². The molecule has 0 aliphatic rings. The number of halogens is 4. The molecule has 1 N–H and O–H groups in total. The van der Waals surface area contributed by atoms with E-state index in [2.05, 4.69) is 20.0 Å². The summed E-state index contributed by atoms with van der Waals surface area (Å²) < 4.78 is 69.8. The second-order valence-electron chi connectivity index (χ2n) is 6.66. The smallest absolute Gasteiger partial charge is 0.387 e. The molecule has 35 heavy (non-hydrogen) atoms. The first-order valence-corrected chi connectivity index (χ1v) is 10.2. The second kappa shape index (κ2) is 12.8. The topological polar surface area (TPSA) is 78.4 Å². The van der Waals surface area contributed by atoms with Gasteiger partial charge in [0, 0.05) is 11.6 Å². The van der Waals surface area contributed by atoms with Crippen molar-refractivity contribution in [2.75, 3.05) is 13.2 Å². The van der Waals surface area contributed by atoms with Gasteiger partial charge in [0.15, 0.2) is 0 Å². The molecule has 0 unspecified atom stereocenters. The molecule has 0 spiro atoms. The molecule has 3 aromatic carbocycles. The van der Waals surface area contributed by atoms with Gasteiger partial charge in [0.2, 0.25) is 0 Å². The fourth-order valence-electron chi connectivity index (χ4n) is 2.82. The molecule has 3 aromatic rings. The first kappa shape index (κ1) is 25.3. The number of hydrogen-bond acceptors (Lipinski definition) is 6. The third kappa shape index (κ3) is 8.22. The Kier molecular flexibility index (Phi) is 9.29. The van der Waals surface area contributed by atoms with E-state index in [0.717, 1.165) is 18.3 Å². The molecule has 11 heteroatoms. The average molecular weight is 492 g/mol. The van der Waals surface area contributed by atoms with Gasteiger partial charge in [-0.2, -0.15) is 22.7 Å². The number of ether oxygens (including phenoxy) is 4. The summed E-state index contributed by atoms with van der Waals surface area (Å²) in [6.07, 6.45) is 1.03. The quantitative estimate of drug-likeness (QED) is 0.165. The number of carbonyl (C=O) groups excluding carboxylic acids is 1. The predicted molar refractivity (Wildman–Crippen MR) is 119 cm³/mol. The van der Waals surface area contributed by atoms with Gasteiger partial charge >= 0.3 is 13.2 Å². The minimum atomic E-state index is -3.21. The average Bonchev–Trinajstić information content (AvgIpc) is 2.83. The Balaban J connectivity index is 1.61. The van der Waals surface area contributed by atoms with Crippen LogP contribution in [-0.4, -0.2) is 38.6 Å². The van der Waals surface area contributed by atoms with Crippen LogP contribution in [0, 0.1) is 0 Å². The van der Waals surface area contributed by atoms with Crippen molar-refractivity contribution in [2.24, 2.45) is 5.10 Å². The van der Waals surface area contributed by atoms with Crippen molar-refractivity contribution in [3.63, 3.8) is 0 Å². The molecule has 1 amide bonds. The van der Waals surface area contributed by atoms with Gasteiger partial charge in [-0.25, -0.2) is 5.43 Å². The maximum Gasteiger partial charge on any atom is 0.387 e. The zero-order valence-electron chi connectivity index (χ0n) is 18.1. The maximum absolute atomic E-state index is 12.7. The van der Waals surface area contributed by atoms with Crippen LogP contribution in [0.2, 0.25) is 0 Å². The van der Waals surface area contributed by atoms with Crippen molar-refractivity contribution < 1.29 is 41.3 Å². The molecule has 0 heterocycles. The summed E-state index contributed by atoms with van der Waals surface area (Å²) in [5, 5.41) is 3.74. The summed E-state index contributed by atoms with van der Waals surface area (Å²) in [5.74, 6) is -0.500. The molecule has 0 aliphatic carbocycles. The molecule has 0 saturated heterocycles. The summed E-state index contributed by atoms with van der Waals surface area (Å²) in [6, 6.07) is 18.7. The van der Waals surface area contributed by atoms with Crippen molar-refractivity contribution in [1.29, 1.82) is 0 Å². The molecule has 0 fully saturated rings. The first-order valence-electron chi connectivity index (χ1n) is 10.2. The van der Waals surface area contributed by atoms with Crippen LogP contribution in [-0.2, 0) is 0 Å². The van der Waals surface area contributed by atoms with Crippen LogP contribution in [0.15, 0.2) is 77.9 Å². The number of rotatable bonds is 12. The van der Waals surface area contributed by atoms with Gasteiger partial charge in [-0.1, -0.05) is 30.3 Å². The monoisotopic (exact) mass is 492 g/mol. The van der Waals surface area contributed by atoms with Gasteiger partial charge in [-0.15, -0.1) is 0 Å². The highest BCUT2D eigenvalue weighted by atomic mass is 19.3. The van der Waals surface area contributed by atoms with Crippen molar-refractivity contribution in [1.82, 2.24) is 5.43 Å². The minimum absolute atomic E-state index is 0.00480. The van der Waals surface area contributed by atoms with Gasteiger partial charge in [0.25, 0.3) is 5.91 Å². The fraction of sp³-hybridized carbons (Fsp3) is 0.167. The third-order valence-electron chi connectivity index (χ3n) is 4.28. The minimum Gasteiger partial charge on any atom is -0.490 e. The lowest BCUT2D eigenvalue weighted by molar-refractivity contribution is -0.0543. The number of amides is 1. The Labute approximate surface area is 197 Å². The lowest BCUT2D eigenvalue weighted by Crippen LogP contribution is -2.19. The van der Waals surface area contributed by atoms with Gasteiger partial charge in [0.1, 0.15) is 36.2 Å². The van der Waals surface area contributed by atoms with Crippen molar-refractivity contribution in [2.45, 2.75) is 13.2 Å². The van der Waals surface area contributed by atoms with Crippen LogP contribution in [0.25, 0.3) is 0 Å². The predicted octanol–water partition coefficient (Wildman–Crippen LogP) is 5.11. The van der Waals surface area contributed by atoms with Gasteiger partial charge in [0.05, 0.1) is 11.8 Å². The Hall–Kier alpha value is -4.28. The van der Waals surface area contributed by atoms with E-state index in [1.807, 2.05) is 18.2 Å². The molecular weight excluding hydrogens is 472 g/mol. The van der Waals surface area contributed by atoms with Crippen LogP contribution in [0.1, 0.15) is 15.9 Å². The normalized spacial score (nSPS) is 11.0. The number of benzene rings is 3. The summed E-state index contributed by atoms with van der Waals surface area (Å²) >= 11 is 0. The molecule has 7 nitrogen and oxygen atoms in total. The molecule has 0 bridgehead atoms. The van der Waals surface area contributed by atoms with E-state index < -0.39 is 24.9 Å². The molecule has 184 valence electrons. The Morgan fingerprint density at radius 2 is 1.49 bits per heavy atom. The Morgan fingerprint density at radius 3 is 2.23 bits per heavy atom. The number of carbonyl (C=O) groups is 1. The third-order valence-corrected chi connectivity index (χ3v) is 4.28. The summed E-state index contributed by atoms with van der Waals surface area (Å²) in [7, 11) is 0. The van der Waals surface area contributed by atoms with Crippen LogP contribution in [0.4, 0.5) is 17.6 Å². The molecule has 0 atom stereocenters. The number of nitrogens with zero attached hydrogens (tertiary/aromatic N) is 1. The lowest BCUT2D eigenvalue weighted by atomic mass is 10.2. The highest BCUT2D eigenvalue weighted by Gasteiger charge is 2.14.